The first-order valence-electron chi connectivity index (χ1n) is 7.41. The van der Waals surface area contributed by atoms with Crippen LogP contribution < -0.4 is 0 Å². The average Bonchev–Trinajstić information content (AvgIpc) is 2.45. The van der Waals surface area contributed by atoms with Crippen LogP contribution in [0.5, 0.6) is 0 Å². The third-order valence-corrected chi connectivity index (χ3v) is 4.10. The molecule has 1 unspecified atom stereocenters. The van der Waals surface area contributed by atoms with Gasteiger partial charge in [-0.15, -0.1) is 0 Å². The molecule has 0 spiro atoms. The van der Waals surface area contributed by atoms with Gasteiger partial charge in [0.25, 0.3) is 0 Å². The minimum Gasteiger partial charge on any atom is -0.339 e. The quantitative estimate of drug-likeness (QED) is 0.740. The van der Waals surface area contributed by atoms with Crippen LogP contribution >= 0.6 is 0 Å². The van der Waals surface area contributed by atoms with E-state index in [0.29, 0.717) is 26.2 Å². The maximum atomic E-state index is 13.2. The van der Waals surface area contributed by atoms with Crippen molar-refractivity contribution in [1.82, 2.24) is 9.80 Å². The summed E-state index contributed by atoms with van der Waals surface area (Å²) in [4.78, 5) is 22.7. The third-order valence-electron chi connectivity index (χ3n) is 4.10. The Hall–Kier alpha value is -1.60. The summed E-state index contributed by atoms with van der Waals surface area (Å²) in [6.07, 6.45) is -4.43. The molecule has 2 rings (SSSR count). The highest BCUT2D eigenvalue weighted by Crippen LogP contribution is 2.29. The molecule has 1 fully saturated rings. The van der Waals surface area contributed by atoms with Crippen molar-refractivity contribution < 1.29 is 18.0 Å². The third kappa shape index (κ3) is 3.59. The number of rotatable bonds is 1. The Morgan fingerprint density at radius 2 is 1.82 bits per heavy atom. The summed E-state index contributed by atoms with van der Waals surface area (Å²) in [5.41, 5.74) is -0.735. The molecule has 2 aliphatic rings. The SMILES string of the molecule is CC(=O)N1CCN(C2=NCC(C(C)C)C(C(F)(F)F)=N2)CC1. The van der Waals surface area contributed by atoms with Gasteiger partial charge in [0.05, 0.1) is 6.54 Å². The van der Waals surface area contributed by atoms with Gasteiger partial charge in [0, 0.05) is 39.0 Å². The molecule has 0 aliphatic carbocycles. The highest BCUT2D eigenvalue weighted by molar-refractivity contribution is 6.03. The van der Waals surface area contributed by atoms with Gasteiger partial charge < -0.3 is 9.80 Å². The number of guanidine groups is 1. The van der Waals surface area contributed by atoms with Crippen LogP contribution in [-0.4, -0.2) is 66.3 Å². The molecule has 0 radical (unpaired) electrons. The molecule has 2 heterocycles. The smallest absolute Gasteiger partial charge is 0.339 e. The summed E-state index contributed by atoms with van der Waals surface area (Å²) in [5, 5.41) is 0. The molecule has 1 atom stereocenters. The van der Waals surface area contributed by atoms with Crippen molar-refractivity contribution in [1.29, 1.82) is 0 Å². The molecule has 8 heteroatoms. The van der Waals surface area contributed by atoms with E-state index in [1.807, 2.05) is 0 Å². The Morgan fingerprint density at radius 3 is 2.27 bits per heavy atom. The standard InChI is InChI=1S/C14H21F3N4O/c1-9(2)11-8-18-13(19-12(11)14(15,16)17)21-6-4-20(5-7-21)10(3)22/h9,11H,4-8H2,1-3H3. The number of nitrogens with zero attached hydrogens (tertiary/aromatic N) is 4. The first kappa shape index (κ1) is 16.8. The van der Waals surface area contributed by atoms with Crippen molar-refractivity contribution in [2.45, 2.75) is 26.9 Å². The molecular formula is C14H21F3N4O. The fourth-order valence-electron chi connectivity index (χ4n) is 2.68. The van der Waals surface area contributed by atoms with E-state index < -0.39 is 17.8 Å². The summed E-state index contributed by atoms with van der Waals surface area (Å²) >= 11 is 0. The van der Waals surface area contributed by atoms with E-state index >= 15 is 0 Å². The van der Waals surface area contributed by atoms with Crippen molar-refractivity contribution in [3.8, 4) is 0 Å². The predicted octanol–water partition coefficient (Wildman–Crippen LogP) is 1.80. The number of piperazine rings is 1. The topological polar surface area (TPSA) is 48.3 Å². The second-order valence-corrected chi connectivity index (χ2v) is 5.98. The van der Waals surface area contributed by atoms with E-state index in [2.05, 4.69) is 9.98 Å². The molecule has 5 nitrogen and oxygen atoms in total. The Bertz CT molecular complexity index is 491. The van der Waals surface area contributed by atoms with Gasteiger partial charge in [0.1, 0.15) is 5.71 Å². The van der Waals surface area contributed by atoms with Crippen molar-refractivity contribution in [2.75, 3.05) is 32.7 Å². The summed E-state index contributed by atoms with van der Waals surface area (Å²) in [5.74, 6) is -0.737. The molecule has 0 bridgehead atoms. The zero-order valence-electron chi connectivity index (χ0n) is 13.0. The van der Waals surface area contributed by atoms with Crippen molar-refractivity contribution in [3.63, 3.8) is 0 Å². The van der Waals surface area contributed by atoms with Gasteiger partial charge in [-0.1, -0.05) is 13.8 Å². The van der Waals surface area contributed by atoms with E-state index in [4.69, 9.17) is 0 Å². The first-order valence-corrected chi connectivity index (χ1v) is 7.41. The second-order valence-electron chi connectivity index (χ2n) is 5.98. The number of hydrogen-bond acceptors (Lipinski definition) is 4. The highest BCUT2D eigenvalue weighted by Gasteiger charge is 2.44. The molecule has 22 heavy (non-hydrogen) atoms. The zero-order chi connectivity index (χ0) is 16.5. The predicted molar refractivity (Wildman–Crippen MR) is 77.9 cm³/mol. The molecule has 124 valence electrons. The van der Waals surface area contributed by atoms with E-state index in [0.717, 1.165) is 0 Å². The normalized spacial score (nSPS) is 23.5. The summed E-state index contributed by atoms with van der Waals surface area (Å²) in [6, 6.07) is 0. The van der Waals surface area contributed by atoms with Crippen LogP contribution in [0, 0.1) is 11.8 Å². The number of halogens is 3. The average molecular weight is 318 g/mol. The van der Waals surface area contributed by atoms with Gasteiger partial charge in [-0.3, -0.25) is 9.79 Å². The fraction of sp³-hybridized carbons (Fsp3) is 0.786. The summed E-state index contributed by atoms with van der Waals surface area (Å²) in [6.45, 7) is 6.98. The number of alkyl halides is 3. The van der Waals surface area contributed by atoms with E-state index in [1.165, 1.54) is 6.92 Å². The molecular weight excluding hydrogens is 297 g/mol. The van der Waals surface area contributed by atoms with Gasteiger partial charge in [0.2, 0.25) is 11.9 Å². The molecule has 1 amide bonds. The van der Waals surface area contributed by atoms with Crippen LogP contribution in [0.1, 0.15) is 20.8 Å². The Labute approximate surface area is 127 Å². The lowest BCUT2D eigenvalue weighted by Gasteiger charge is -2.36. The second kappa shape index (κ2) is 6.26. The number of hydrogen-bond donors (Lipinski definition) is 0. The first-order chi connectivity index (χ1) is 10.2. The fourth-order valence-corrected chi connectivity index (χ4v) is 2.68. The van der Waals surface area contributed by atoms with E-state index in [-0.39, 0.29) is 24.3 Å². The lowest BCUT2D eigenvalue weighted by Crippen LogP contribution is -2.51. The van der Waals surface area contributed by atoms with Gasteiger partial charge in [-0.2, -0.15) is 13.2 Å². The van der Waals surface area contributed by atoms with Crippen LogP contribution in [0.15, 0.2) is 9.98 Å². The van der Waals surface area contributed by atoms with Crippen LogP contribution in [0.3, 0.4) is 0 Å². The van der Waals surface area contributed by atoms with E-state index in [9.17, 15) is 18.0 Å². The van der Waals surface area contributed by atoms with Gasteiger partial charge in [0.15, 0.2) is 0 Å². The molecule has 0 aromatic carbocycles. The number of amides is 1. The summed E-state index contributed by atoms with van der Waals surface area (Å²) in [7, 11) is 0. The van der Waals surface area contributed by atoms with Gasteiger partial charge >= 0.3 is 6.18 Å². The molecule has 0 aromatic heterocycles. The molecule has 0 aromatic rings. The molecule has 2 aliphatic heterocycles. The van der Waals surface area contributed by atoms with Crippen molar-refractivity contribution >= 4 is 17.6 Å². The minimum absolute atomic E-state index is 0.0235. The van der Waals surface area contributed by atoms with Crippen LogP contribution in [0.25, 0.3) is 0 Å². The number of carbonyl (C=O) groups excluding carboxylic acids is 1. The minimum atomic E-state index is -4.43. The van der Waals surface area contributed by atoms with Crippen LogP contribution in [0.4, 0.5) is 13.2 Å². The van der Waals surface area contributed by atoms with Crippen molar-refractivity contribution in [2.24, 2.45) is 21.8 Å². The van der Waals surface area contributed by atoms with Crippen molar-refractivity contribution in [3.05, 3.63) is 0 Å². The lowest BCUT2D eigenvalue weighted by atomic mass is 9.90. The Kier molecular flexibility index (Phi) is 4.77. The maximum Gasteiger partial charge on any atom is 0.429 e. The summed E-state index contributed by atoms with van der Waals surface area (Å²) < 4.78 is 39.6. The highest BCUT2D eigenvalue weighted by atomic mass is 19.4. The molecule has 0 N–H and O–H groups in total. The number of aliphatic imine (C=N–C) groups is 2. The molecule has 0 saturated carbocycles. The number of carbonyl (C=O) groups is 1. The largest absolute Gasteiger partial charge is 0.429 e. The van der Waals surface area contributed by atoms with Crippen LogP contribution in [0.2, 0.25) is 0 Å². The maximum absolute atomic E-state index is 13.2. The van der Waals surface area contributed by atoms with E-state index in [1.54, 1.807) is 23.6 Å². The molecule has 1 saturated heterocycles. The zero-order valence-corrected chi connectivity index (χ0v) is 13.0. The Morgan fingerprint density at radius 1 is 1.23 bits per heavy atom. The monoisotopic (exact) mass is 318 g/mol. The van der Waals surface area contributed by atoms with Gasteiger partial charge in [-0.25, -0.2) is 4.99 Å². The van der Waals surface area contributed by atoms with Crippen LogP contribution in [-0.2, 0) is 4.79 Å². The lowest BCUT2D eigenvalue weighted by molar-refractivity contribution is -0.130. The Balaban J connectivity index is 2.13. The van der Waals surface area contributed by atoms with Gasteiger partial charge in [-0.05, 0) is 5.92 Å².